The Morgan fingerprint density at radius 3 is 2.59 bits per heavy atom. The largest absolute Gasteiger partial charge is 0.396 e. The van der Waals surface area contributed by atoms with Crippen molar-refractivity contribution < 1.29 is 13.5 Å². The summed E-state index contributed by atoms with van der Waals surface area (Å²) in [6.07, 6.45) is 3.09. The number of aliphatic hydroxyl groups is 1. The first-order chi connectivity index (χ1) is 10.5. The molecule has 0 aliphatic heterocycles. The van der Waals surface area contributed by atoms with E-state index in [1.54, 1.807) is 0 Å². The van der Waals surface area contributed by atoms with E-state index < -0.39 is 10.0 Å². The second kappa shape index (κ2) is 7.69. The number of hydrogen-bond acceptors (Lipinski definition) is 4. The van der Waals surface area contributed by atoms with Gasteiger partial charge in [-0.1, -0.05) is 41.9 Å². The molecular formula is C15H17ClN2O3S. The first-order valence-corrected chi connectivity index (χ1v) is 8.65. The van der Waals surface area contributed by atoms with Gasteiger partial charge in [-0.05, 0) is 24.0 Å². The van der Waals surface area contributed by atoms with Gasteiger partial charge < -0.3 is 5.11 Å². The van der Waals surface area contributed by atoms with Crippen molar-refractivity contribution in [3.05, 3.63) is 59.4 Å². The van der Waals surface area contributed by atoms with Gasteiger partial charge in [-0.2, -0.15) is 0 Å². The van der Waals surface area contributed by atoms with Gasteiger partial charge in [0.15, 0.2) is 0 Å². The van der Waals surface area contributed by atoms with E-state index in [1.165, 1.54) is 18.5 Å². The lowest BCUT2D eigenvalue weighted by Crippen LogP contribution is -2.29. The molecule has 5 nitrogen and oxygen atoms in total. The van der Waals surface area contributed by atoms with E-state index in [4.69, 9.17) is 11.6 Å². The molecule has 118 valence electrons. The zero-order chi connectivity index (χ0) is 16.0. The fourth-order valence-corrected chi connectivity index (χ4v) is 3.41. The van der Waals surface area contributed by atoms with Crippen LogP contribution in [0.3, 0.4) is 0 Å². The fourth-order valence-electron chi connectivity index (χ4n) is 2.10. The molecule has 0 saturated heterocycles. The van der Waals surface area contributed by atoms with Crippen LogP contribution in [0.15, 0.2) is 53.7 Å². The summed E-state index contributed by atoms with van der Waals surface area (Å²) in [6, 6.07) is 10.8. The molecule has 2 rings (SSSR count). The summed E-state index contributed by atoms with van der Waals surface area (Å²) >= 11 is 5.77. The van der Waals surface area contributed by atoms with Gasteiger partial charge in [0.2, 0.25) is 10.0 Å². The molecular weight excluding hydrogens is 324 g/mol. The van der Waals surface area contributed by atoms with Gasteiger partial charge in [-0.25, -0.2) is 13.1 Å². The molecule has 0 spiro atoms. The Hall–Kier alpha value is -1.47. The molecule has 1 aromatic carbocycles. The molecule has 2 aromatic rings. The fraction of sp³-hybridized carbons (Fsp3) is 0.267. The second-order valence-electron chi connectivity index (χ2n) is 4.81. The highest BCUT2D eigenvalue weighted by Crippen LogP contribution is 2.20. The number of benzene rings is 1. The van der Waals surface area contributed by atoms with Crippen molar-refractivity contribution in [2.24, 2.45) is 0 Å². The summed E-state index contributed by atoms with van der Waals surface area (Å²) in [7, 11) is -3.68. The Bertz CT molecular complexity index is 708. The van der Waals surface area contributed by atoms with Crippen LogP contribution in [-0.4, -0.2) is 31.7 Å². The Morgan fingerprint density at radius 1 is 1.23 bits per heavy atom. The van der Waals surface area contributed by atoms with Crippen molar-refractivity contribution in [1.82, 2.24) is 9.71 Å². The molecule has 1 atom stereocenters. The number of sulfonamides is 1. The molecule has 0 unspecified atom stereocenters. The molecule has 0 radical (unpaired) electrons. The summed E-state index contributed by atoms with van der Waals surface area (Å²) in [5.74, 6) is -0.104. The lowest BCUT2D eigenvalue weighted by atomic mass is 9.96. The van der Waals surface area contributed by atoms with E-state index in [1.807, 2.05) is 30.3 Å². The Kier molecular flexibility index (Phi) is 5.90. The van der Waals surface area contributed by atoms with Crippen molar-refractivity contribution in [3.63, 3.8) is 0 Å². The zero-order valence-corrected chi connectivity index (χ0v) is 13.4. The van der Waals surface area contributed by atoms with Crippen LogP contribution in [0, 0.1) is 0 Å². The number of pyridine rings is 1. The van der Waals surface area contributed by atoms with Crippen LogP contribution in [-0.2, 0) is 10.0 Å². The van der Waals surface area contributed by atoms with Crippen LogP contribution in [0.25, 0.3) is 0 Å². The molecule has 22 heavy (non-hydrogen) atoms. The van der Waals surface area contributed by atoms with E-state index in [9.17, 15) is 13.5 Å². The molecule has 0 fully saturated rings. The summed E-state index contributed by atoms with van der Waals surface area (Å²) in [5, 5.41) is 9.44. The number of nitrogens with zero attached hydrogens (tertiary/aromatic N) is 1. The predicted molar refractivity (Wildman–Crippen MR) is 85.3 cm³/mol. The van der Waals surface area contributed by atoms with Crippen LogP contribution < -0.4 is 4.72 Å². The summed E-state index contributed by atoms with van der Waals surface area (Å²) in [4.78, 5) is 3.80. The minimum atomic E-state index is -3.68. The second-order valence-corrected chi connectivity index (χ2v) is 7.01. The van der Waals surface area contributed by atoms with E-state index in [0.717, 1.165) is 5.56 Å². The SMILES string of the molecule is O=S(=O)(NC[C@H](CCO)c1ccccc1)c1cncc(Cl)c1. The molecule has 0 amide bonds. The summed E-state index contributed by atoms with van der Waals surface area (Å²) < 4.78 is 27.1. The maximum absolute atomic E-state index is 12.3. The van der Waals surface area contributed by atoms with Crippen LogP contribution in [0.1, 0.15) is 17.9 Å². The van der Waals surface area contributed by atoms with Gasteiger partial charge >= 0.3 is 0 Å². The summed E-state index contributed by atoms with van der Waals surface area (Å²) in [5.41, 5.74) is 0.975. The minimum absolute atomic E-state index is 0.0139. The standard InChI is InChI=1S/C15H17ClN2O3S/c16-14-8-15(11-17-10-14)22(20,21)18-9-13(6-7-19)12-4-2-1-3-5-12/h1-5,8,10-11,13,18-19H,6-7,9H2/t13-/m0/s1. The van der Waals surface area contributed by atoms with Crippen LogP contribution >= 0.6 is 11.6 Å². The van der Waals surface area contributed by atoms with Gasteiger partial charge in [0.05, 0.1) is 5.02 Å². The smallest absolute Gasteiger partial charge is 0.242 e. The third kappa shape index (κ3) is 4.51. The number of rotatable bonds is 7. The Morgan fingerprint density at radius 2 is 1.95 bits per heavy atom. The zero-order valence-electron chi connectivity index (χ0n) is 11.8. The van der Waals surface area contributed by atoms with Crippen LogP contribution in [0.5, 0.6) is 0 Å². The van der Waals surface area contributed by atoms with Crippen molar-refractivity contribution in [3.8, 4) is 0 Å². The van der Waals surface area contributed by atoms with Crippen molar-refractivity contribution in [2.75, 3.05) is 13.2 Å². The lowest BCUT2D eigenvalue weighted by molar-refractivity contribution is 0.275. The molecule has 0 aliphatic carbocycles. The van der Waals surface area contributed by atoms with Gasteiger partial charge in [0, 0.05) is 25.5 Å². The molecule has 0 aliphatic rings. The molecule has 1 aromatic heterocycles. The number of halogens is 1. The van der Waals surface area contributed by atoms with Crippen LogP contribution in [0.2, 0.25) is 5.02 Å². The number of aliphatic hydroxyl groups excluding tert-OH is 1. The van der Waals surface area contributed by atoms with Crippen molar-refractivity contribution in [1.29, 1.82) is 0 Å². The molecule has 2 N–H and O–H groups in total. The van der Waals surface area contributed by atoms with Gasteiger partial charge in [-0.15, -0.1) is 0 Å². The lowest BCUT2D eigenvalue weighted by Gasteiger charge is -2.17. The maximum atomic E-state index is 12.3. The highest BCUT2D eigenvalue weighted by Gasteiger charge is 2.18. The third-order valence-corrected chi connectivity index (χ3v) is 4.86. The summed E-state index contributed by atoms with van der Waals surface area (Å²) in [6.45, 7) is 0.180. The average molecular weight is 341 g/mol. The van der Waals surface area contributed by atoms with Crippen LogP contribution in [0.4, 0.5) is 0 Å². The van der Waals surface area contributed by atoms with E-state index in [0.29, 0.717) is 6.42 Å². The predicted octanol–water partition coefficient (Wildman–Crippen LogP) is 2.18. The first kappa shape index (κ1) is 16.9. The third-order valence-electron chi connectivity index (χ3n) is 3.26. The topological polar surface area (TPSA) is 79.3 Å². The minimum Gasteiger partial charge on any atom is -0.396 e. The first-order valence-electron chi connectivity index (χ1n) is 6.79. The molecule has 0 saturated carbocycles. The van der Waals surface area contributed by atoms with Gasteiger partial charge in [-0.3, -0.25) is 4.98 Å². The Balaban J connectivity index is 2.12. The molecule has 1 heterocycles. The number of hydrogen-bond donors (Lipinski definition) is 2. The van der Waals surface area contributed by atoms with E-state index >= 15 is 0 Å². The number of nitrogens with one attached hydrogen (secondary N) is 1. The molecule has 0 bridgehead atoms. The normalized spacial score (nSPS) is 13.0. The van der Waals surface area contributed by atoms with Gasteiger partial charge in [0.1, 0.15) is 4.90 Å². The van der Waals surface area contributed by atoms with E-state index in [-0.39, 0.29) is 29.0 Å². The maximum Gasteiger partial charge on any atom is 0.242 e. The van der Waals surface area contributed by atoms with Gasteiger partial charge in [0.25, 0.3) is 0 Å². The van der Waals surface area contributed by atoms with Crippen molar-refractivity contribution >= 4 is 21.6 Å². The van der Waals surface area contributed by atoms with Crippen molar-refractivity contribution in [2.45, 2.75) is 17.2 Å². The average Bonchev–Trinajstić information content (AvgIpc) is 2.52. The quantitative estimate of drug-likeness (QED) is 0.809. The highest BCUT2D eigenvalue weighted by molar-refractivity contribution is 7.89. The Labute approximate surface area is 135 Å². The van der Waals surface area contributed by atoms with E-state index in [2.05, 4.69) is 9.71 Å². The highest BCUT2D eigenvalue weighted by atomic mass is 35.5. The molecule has 7 heteroatoms. The number of aromatic nitrogens is 1. The monoisotopic (exact) mass is 340 g/mol.